The average Bonchev–Trinajstić information content (AvgIpc) is 2.74. The van der Waals surface area contributed by atoms with Gasteiger partial charge in [-0.15, -0.1) is 0 Å². The minimum Gasteiger partial charge on any atom is -0.320 e. The van der Waals surface area contributed by atoms with Gasteiger partial charge in [0, 0.05) is 13.1 Å². The van der Waals surface area contributed by atoms with Crippen molar-refractivity contribution >= 4 is 5.91 Å². The standard InChI is InChI=1S/C17H27N3O/c1-6-19(5)9-10-20-16(18-14(4)17(20)21)15-11-12(2)7-8-13(15)3/h7-8,11,14,16,18H,6,9-10H2,1-5H3. The van der Waals surface area contributed by atoms with Crippen molar-refractivity contribution in [2.75, 3.05) is 26.7 Å². The number of hydrogen-bond acceptors (Lipinski definition) is 3. The minimum absolute atomic E-state index is 0.00217. The van der Waals surface area contributed by atoms with Crippen molar-refractivity contribution in [3.05, 3.63) is 34.9 Å². The summed E-state index contributed by atoms with van der Waals surface area (Å²) in [6.07, 6.45) is -0.00217. The Morgan fingerprint density at radius 2 is 2.05 bits per heavy atom. The van der Waals surface area contributed by atoms with Crippen LogP contribution in [-0.4, -0.2) is 48.4 Å². The average molecular weight is 289 g/mol. The maximum Gasteiger partial charge on any atom is 0.241 e. The molecule has 2 atom stereocenters. The van der Waals surface area contributed by atoms with E-state index in [0.29, 0.717) is 0 Å². The Labute approximate surface area is 128 Å². The lowest BCUT2D eigenvalue weighted by Gasteiger charge is -2.28. The van der Waals surface area contributed by atoms with Gasteiger partial charge in [0.2, 0.25) is 5.91 Å². The molecule has 116 valence electrons. The Balaban J connectivity index is 2.23. The molecule has 1 amide bonds. The fraction of sp³-hybridized carbons (Fsp3) is 0.588. The number of amides is 1. The molecule has 1 aromatic rings. The fourth-order valence-electron chi connectivity index (χ4n) is 2.76. The predicted molar refractivity (Wildman–Crippen MR) is 86.1 cm³/mol. The molecule has 0 saturated carbocycles. The van der Waals surface area contributed by atoms with Gasteiger partial charge in [0.15, 0.2) is 0 Å². The summed E-state index contributed by atoms with van der Waals surface area (Å²) < 4.78 is 0. The first-order valence-electron chi connectivity index (χ1n) is 7.76. The molecule has 1 N–H and O–H groups in total. The summed E-state index contributed by atoms with van der Waals surface area (Å²) in [6.45, 7) is 11.0. The molecule has 1 aliphatic rings. The molecule has 0 radical (unpaired) electrons. The zero-order valence-corrected chi connectivity index (χ0v) is 13.8. The lowest BCUT2D eigenvalue weighted by molar-refractivity contribution is -0.130. The number of carbonyl (C=O) groups is 1. The zero-order chi connectivity index (χ0) is 15.6. The molecule has 21 heavy (non-hydrogen) atoms. The summed E-state index contributed by atoms with van der Waals surface area (Å²) in [5.41, 5.74) is 3.68. The van der Waals surface area contributed by atoms with Gasteiger partial charge in [-0.3, -0.25) is 10.1 Å². The molecule has 1 aromatic carbocycles. The second kappa shape index (κ2) is 6.58. The van der Waals surface area contributed by atoms with Gasteiger partial charge in [-0.1, -0.05) is 30.7 Å². The monoisotopic (exact) mass is 289 g/mol. The van der Waals surface area contributed by atoms with Crippen LogP contribution in [0.1, 0.15) is 36.7 Å². The van der Waals surface area contributed by atoms with Crippen molar-refractivity contribution in [2.24, 2.45) is 0 Å². The third-order valence-corrected chi connectivity index (χ3v) is 4.36. The zero-order valence-electron chi connectivity index (χ0n) is 13.8. The van der Waals surface area contributed by atoms with E-state index in [1.807, 2.05) is 11.8 Å². The van der Waals surface area contributed by atoms with Gasteiger partial charge in [0.1, 0.15) is 6.17 Å². The van der Waals surface area contributed by atoms with E-state index in [-0.39, 0.29) is 18.1 Å². The highest BCUT2D eigenvalue weighted by molar-refractivity contribution is 5.84. The lowest BCUT2D eigenvalue weighted by Crippen LogP contribution is -2.37. The van der Waals surface area contributed by atoms with E-state index in [2.05, 4.69) is 56.2 Å². The number of rotatable bonds is 5. The normalized spacial score (nSPS) is 22.4. The highest BCUT2D eigenvalue weighted by Gasteiger charge is 2.37. The number of benzene rings is 1. The molecule has 0 aliphatic carbocycles. The summed E-state index contributed by atoms with van der Waals surface area (Å²) in [5.74, 6) is 0.199. The molecule has 0 aromatic heterocycles. The molecule has 4 nitrogen and oxygen atoms in total. The van der Waals surface area contributed by atoms with Gasteiger partial charge in [-0.05, 0) is 45.5 Å². The highest BCUT2D eigenvalue weighted by atomic mass is 16.2. The second-order valence-corrected chi connectivity index (χ2v) is 6.08. The van der Waals surface area contributed by atoms with Gasteiger partial charge in [0.05, 0.1) is 6.04 Å². The van der Waals surface area contributed by atoms with Gasteiger partial charge in [0.25, 0.3) is 0 Å². The van der Waals surface area contributed by atoms with Crippen LogP contribution in [-0.2, 0) is 4.79 Å². The van der Waals surface area contributed by atoms with E-state index < -0.39 is 0 Å². The van der Waals surface area contributed by atoms with E-state index in [1.165, 1.54) is 16.7 Å². The SMILES string of the molecule is CCN(C)CCN1C(=O)C(C)NC1c1cc(C)ccc1C. The maximum absolute atomic E-state index is 12.4. The number of carbonyl (C=O) groups excluding carboxylic acids is 1. The summed E-state index contributed by atoms with van der Waals surface area (Å²) >= 11 is 0. The third kappa shape index (κ3) is 3.44. The molecule has 2 unspecified atom stereocenters. The van der Waals surface area contributed by atoms with Crippen LogP contribution < -0.4 is 5.32 Å². The van der Waals surface area contributed by atoms with Crippen molar-refractivity contribution in [2.45, 2.75) is 39.9 Å². The number of aryl methyl sites for hydroxylation is 2. The lowest BCUT2D eigenvalue weighted by atomic mass is 10.0. The highest BCUT2D eigenvalue weighted by Crippen LogP contribution is 2.28. The smallest absolute Gasteiger partial charge is 0.241 e. The maximum atomic E-state index is 12.4. The van der Waals surface area contributed by atoms with Crippen LogP contribution >= 0.6 is 0 Å². The molecule has 0 spiro atoms. The van der Waals surface area contributed by atoms with Gasteiger partial charge in [-0.25, -0.2) is 0 Å². The van der Waals surface area contributed by atoms with Crippen LogP contribution in [0.2, 0.25) is 0 Å². The Hall–Kier alpha value is -1.39. The van der Waals surface area contributed by atoms with E-state index in [0.717, 1.165) is 19.6 Å². The summed E-state index contributed by atoms with van der Waals surface area (Å²) in [6, 6.07) is 6.33. The van der Waals surface area contributed by atoms with Crippen LogP contribution in [0.15, 0.2) is 18.2 Å². The number of nitrogens with zero attached hydrogens (tertiary/aromatic N) is 2. The molecule has 1 fully saturated rings. The second-order valence-electron chi connectivity index (χ2n) is 6.08. The molecular formula is C17H27N3O. The number of nitrogens with one attached hydrogen (secondary N) is 1. The predicted octanol–water partition coefficient (Wildman–Crippen LogP) is 2.07. The van der Waals surface area contributed by atoms with E-state index in [1.54, 1.807) is 0 Å². The first kappa shape index (κ1) is 16.0. The van der Waals surface area contributed by atoms with Gasteiger partial charge >= 0.3 is 0 Å². The van der Waals surface area contributed by atoms with Crippen LogP contribution in [0.3, 0.4) is 0 Å². The largest absolute Gasteiger partial charge is 0.320 e. The molecule has 0 bridgehead atoms. The topological polar surface area (TPSA) is 35.6 Å². The van der Waals surface area contributed by atoms with Crippen LogP contribution in [0.5, 0.6) is 0 Å². The van der Waals surface area contributed by atoms with Gasteiger partial charge in [-0.2, -0.15) is 0 Å². The molecule has 1 saturated heterocycles. The Morgan fingerprint density at radius 3 is 2.71 bits per heavy atom. The van der Waals surface area contributed by atoms with Crippen LogP contribution in [0.25, 0.3) is 0 Å². The molecule has 1 heterocycles. The van der Waals surface area contributed by atoms with Gasteiger partial charge < -0.3 is 9.80 Å². The summed E-state index contributed by atoms with van der Waals surface area (Å²) in [4.78, 5) is 16.6. The summed E-state index contributed by atoms with van der Waals surface area (Å²) in [5, 5.41) is 3.44. The quantitative estimate of drug-likeness (QED) is 0.901. The number of likely N-dealkylation sites (N-methyl/N-ethyl adjacent to an activating group) is 1. The number of hydrogen-bond donors (Lipinski definition) is 1. The van der Waals surface area contributed by atoms with Crippen molar-refractivity contribution in [1.29, 1.82) is 0 Å². The molecule has 1 aliphatic heterocycles. The fourth-order valence-corrected chi connectivity index (χ4v) is 2.76. The van der Waals surface area contributed by atoms with Crippen LogP contribution in [0.4, 0.5) is 0 Å². The minimum atomic E-state index is -0.109. The van der Waals surface area contributed by atoms with E-state index in [4.69, 9.17) is 0 Å². The molecule has 2 rings (SSSR count). The molecular weight excluding hydrogens is 262 g/mol. The van der Waals surface area contributed by atoms with Crippen molar-refractivity contribution in [3.63, 3.8) is 0 Å². The first-order chi connectivity index (χ1) is 9.93. The van der Waals surface area contributed by atoms with Crippen molar-refractivity contribution in [1.82, 2.24) is 15.1 Å². The van der Waals surface area contributed by atoms with Crippen molar-refractivity contribution in [3.8, 4) is 0 Å². The van der Waals surface area contributed by atoms with Crippen LogP contribution in [0, 0.1) is 13.8 Å². The van der Waals surface area contributed by atoms with Crippen molar-refractivity contribution < 1.29 is 4.79 Å². The first-order valence-corrected chi connectivity index (χ1v) is 7.76. The molecule has 4 heteroatoms. The van der Waals surface area contributed by atoms with E-state index >= 15 is 0 Å². The van der Waals surface area contributed by atoms with E-state index in [9.17, 15) is 4.79 Å². The summed E-state index contributed by atoms with van der Waals surface area (Å²) in [7, 11) is 2.09. The Bertz CT molecular complexity index is 515. The Morgan fingerprint density at radius 1 is 1.33 bits per heavy atom. The Kier molecular flexibility index (Phi) is 5.01. The third-order valence-electron chi connectivity index (χ3n) is 4.36.